The summed E-state index contributed by atoms with van der Waals surface area (Å²) in [6, 6.07) is 165. The van der Waals surface area contributed by atoms with Gasteiger partial charge in [0.2, 0.25) is 20.1 Å². The molecule has 0 saturated carbocycles. The summed E-state index contributed by atoms with van der Waals surface area (Å²) in [6.07, 6.45) is 39.3. The maximum atomic E-state index is 2.62. The molecule has 5 heterocycles. The first kappa shape index (κ1) is 91.6. The zero-order valence-corrected chi connectivity index (χ0v) is 85.7. The highest BCUT2D eigenvalue weighted by Gasteiger charge is 2.65. The number of allylic oxidation sites excluding steroid dienone is 16. The van der Waals surface area contributed by atoms with E-state index in [0.717, 1.165) is 28.4 Å². The Morgan fingerprint density at radius 2 is 0.523 bits per heavy atom. The summed E-state index contributed by atoms with van der Waals surface area (Å²) in [7, 11) is 0. The summed E-state index contributed by atoms with van der Waals surface area (Å²) >= 11 is 1.87. The molecule has 2 spiro atoms. The molecule has 0 N–H and O–H groups in total. The predicted octanol–water partition coefficient (Wildman–Crippen LogP) is 31.4. The third kappa shape index (κ3) is 14.8. The second-order valence-corrected chi connectivity index (χ2v) is 45.2. The number of hydrogen-bond acceptors (Lipinski definition) is 5. The summed E-state index contributed by atoms with van der Waals surface area (Å²) in [4.78, 5) is 12.6. The van der Waals surface area contributed by atoms with Crippen molar-refractivity contribution in [1.82, 2.24) is 0 Å². The number of hydrogen-bond donors (Lipinski definition) is 0. The second kappa shape index (κ2) is 37.1. The van der Waals surface area contributed by atoms with Crippen molar-refractivity contribution in [2.24, 2.45) is 23.7 Å². The van der Waals surface area contributed by atoms with Crippen LogP contribution >= 0.6 is 11.8 Å². The molecule has 0 amide bonds. The minimum atomic E-state index is -0.411. The Balaban J connectivity index is 0.000000150. The molecule has 10 atom stereocenters. The van der Waals surface area contributed by atoms with Crippen LogP contribution in [-0.2, 0) is 21.7 Å². The van der Waals surface area contributed by atoms with Crippen molar-refractivity contribution in [2.45, 2.75) is 96.3 Å². The van der Waals surface area contributed by atoms with E-state index in [4.69, 9.17) is 0 Å². The van der Waals surface area contributed by atoms with Crippen LogP contribution in [0.25, 0.3) is 43.1 Å². The Hall–Kier alpha value is -16.1. The average Bonchev–Trinajstić information content (AvgIpc) is 0.681. The molecular weight excluding hydrogens is 1810 g/mol. The quantitative estimate of drug-likeness (QED) is 0.0840. The van der Waals surface area contributed by atoms with Crippen LogP contribution in [0.4, 0.5) is 62.6 Å². The molecule has 28 rings (SSSR count). The predicted molar refractivity (Wildman–Crippen MR) is 640 cm³/mol. The summed E-state index contributed by atoms with van der Waals surface area (Å²) in [6.45, 7) is 14.1. The van der Waals surface area contributed by atoms with Crippen LogP contribution in [0.5, 0.6) is 0 Å². The van der Waals surface area contributed by atoms with Crippen molar-refractivity contribution >= 4 is 183 Å². The van der Waals surface area contributed by atoms with Gasteiger partial charge in [-0.05, 0) is 222 Å². The molecular formula is C140H114B4N4S. The number of nitrogens with zero attached hydrogens (tertiary/aromatic N) is 4. The van der Waals surface area contributed by atoms with Crippen LogP contribution in [0.3, 0.4) is 0 Å². The van der Waals surface area contributed by atoms with Crippen LogP contribution in [0.1, 0.15) is 74.9 Å². The van der Waals surface area contributed by atoms with Gasteiger partial charge in [-0.1, -0.05) is 516 Å². The molecule has 19 aromatic carbocycles. The largest absolute Gasteiger partial charge is 0.381 e. The van der Waals surface area contributed by atoms with Gasteiger partial charge in [0, 0.05) is 82.0 Å². The van der Waals surface area contributed by atoms with Gasteiger partial charge in [-0.25, -0.2) is 0 Å². The molecule has 10 unspecified atom stereocenters. The van der Waals surface area contributed by atoms with E-state index in [-0.39, 0.29) is 90.2 Å². The molecule has 0 radical (unpaired) electrons. The third-order valence-electron chi connectivity index (χ3n) is 34.5. The molecule has 0 bridgehead atoms. The van der Waals surface area contributed by atoms with Gasteiger partial charge >= 0.3 is 6.85 Å². The standard InChI is InChI=1S/C77H54B2N2S.C63H60B2N2/c1-3-27-51(28-4-1)80(52-29-5-2-6-30-52)75-57-35-11-7-31-53(57)73(54-32-8-12-36-58(54)75)78-65-43-19-15-39-61(65)77(62-40-16-20-44-66(62)78)63-41-17-21-45-67(63)79(68-46-22-18-42-64(68)77)74-55-33-9-13-37-59(55)76(60-38-14-10-34-56(60)74)81-69-47-23-25-49-71(69)82-72-50-26-24-48-70(72)81;1-61(2,3)45-33-39-48(40-34-45)66(49-41-35-46(36-42-49)62(4,5)6)50-43-37-47(38-44-50)64-57-29-17-13-25-53(57)63(54-26-14-18-30-58(54)64)55-27-15-19-31-59(55)65(60-32-20-16-28-56(60)63)67(51-21-9-7-10-22-51)52-23-11-8-12-24-52/h1-50,61,63,65,67H;7-44,53,55,57,59H,1-6H3. The van der Waals surface area contributed by atoms with E-state index in [0.29, 0.717) is 0 Å². The Kier molecular flexibility index (Phi) is 22.8. The topological polar surface area (TPSA) is 13.0 Å². The van der Waals surface area contributed by atoms with Crippen molar-refractivity contribution in [1.29, 1.82) is 0 Å². The molecule has 4 nitrogen and oxygen atoms in total. The number of para-hydroxylation sites is 6. The van der Waals surface area contributed by atoms with E-state index in [1.54, 1.807) is 0 Å². The minimum Gasteiger partial charge on any atom is -0.381 e. The summed E-state index contributed by atoms with van der Waals surface area (Å²) in [5.41, 5.74) is 30.8. The molecule has 4 aliphatic carbocycles. The zero-order valence-electron chi connectivity index (χ0n) is 84.9. The normalized spacial score (nSPS) is 20.6. The zero-order chi connectivity index (χ0) is 99.8. The lowest BCUT2D eigenvalue weighted by atomic mass is 9.19. The van der Waals surface area contributed by atoms with E-state index in [2.05, 4.69) is 595 Å². The highest BCUT2D eigenvalue weighted by molar-refractivity contribution is 7.99. The lowest BCUT2D eigenvalue weighted by Crippen LogP contribution is -2.68. The van der Waals surface area contributed by atoms with E-state index in [1.807, 2.05) is 11.8 Å². The average molecular weight is 1930 g/mol. The van der Waals surface area contributed by atoms with Crippen molar-refractivity contribution in [3.8, 4) is 0 Å². The van der Waals surface area contributed by atoms with Gasteiger partial charge in [-0.2, -0.15) is 0 Å². The molecule has 0 fully saturated rings. The Labute approximate surface area is 882 Å². The Bertz CT molecular complexity index is 8400. The molecule has 712 valence electrons. The van der Waals surface area contributed by atoms with Crippen LogP contribution in [0.2, 0.25) is 23.3 Å². The first-order valence-electron chi connectivity index (χ1n) is 53.5. The molecule has 0 saturated heterocycles. The summed E-state index contributed by atoms with van der Waals surface area (Å²) < 4.78 is 0. The van der Waals surface area contributed by atoms with Crippen molar-refractivity contribution in [3.05, 3.63) is 567 Å². The van der Waals surface area contributed by atoms with E-state index in [1.165, 1.54) is 159 Å². The van der Waals surface area contributed by atoms with Crippen molar-refractivity contribution in [3.63, 3.8) is 0 Å². The molecule has 5 aliphatic heterocycles. The maximum absolute atomic E-state index is 2.62. The molecule has 149 heavy (non-hydrogen) atoms. The van der Waals surface area contributed by atoms with Gasteiger partial charge < -0.3 is 19.5 Å². The lowest BCUT2D eigenvalue weighted by molar-refractivity contribution is 0.280. The fourth-order valence-electron chi connectivity index (χ4n) is 28.6. The van der Waals surface area contributed by atoms with E-state index < -0.39 is 5.41 Å². The first-order chi connectivity index (χ1) is 73.3. The van der Waals surface area contributed by atoms with Gasteiger partial charge in [0.1, 0.15) is 0 Å². The van der Waals surface area contributed by atoms with Gasteiger partial charge in [0.05, 0.1) is 22.7 Å². The molecule has 19 aromatic rings. The lowest BCUT2D eigenvalue weighted by Gasteiger charge is -2.60. The van der Waals surface area contributed by atoms with Crippen LogP contribution in [-0.4, -0.2) is 27.0 Å². The second-order valence-electron chi connectivity index (χ2n) is 44.1. The monoisotopic (exact) mass is 1930 g/mol. The van der Waals surface area contributed by atoms with Crippen LogP contribution < -0.4 is 57.8 Å². The SMILES string of the molecule is C1=CC2B(c3c4ccccc4c(N(c4ccccc4)c4ccccc4)c4ccccc34)c3ccccc3C3(c4ccccc4B(c4c5ccccc5c(N5c6ccccc6Sc6ccccc65)c5ccccc45)C4C=CC=CC43)C2C=C1.CC(C)(C)c1ccc(N(c2ccc(B3c4ccccc4C4(c5ccccc5B(N(c5ccccc5)c5ccccc5)C5C=CC=CC54)C4C=CC=CC34)cc2)c2ccc(C(C)(C)C)cc2)cc1. The highest BCUT2D eigenvalue weighted by atomic mass is 32.2. The van der Waals surface area contributed by atoms with Gasteiger partial charge in [-0.15, -0.1) is 0 Å². The number of fused-ring (bicyclic) bond motifs is 22. The Morgan fingerprint density at radius 3 is 0.919 bits per heavy atom. The minimum absolute atomic E-state index is 0.0501. The van der Waals surface area contributed by atoms with E-state index >= 15 is 0 Å². The summed E-state index contributed by atoms with van der Waals surface area (Å²) in [5, 5.41) is 10.2. The number of anilines is 11. The first-order valence-corrected chi connectivity index (χ1v) is 54.3. The number of rotatable bonds is 13. The summed E-state index contributed by atoms with van der Waals surface area (Å²) in [5.74, 6) is 1.37. The molecule has 9 heteroatoms. The molecule has 9 aliphatic rings. The number of benzene rings is 19. The van der Waals surface area contributed by atoms with Crippen molar-refractivity contribution in [2.75, 3.05) is 19.5 Å². The van der Waals surface area contributed by atoms with Crippen LogP contribution in [0.15, 0.2) is 544 Å². The van der Waals surface area contributed by atoms with Gasteiger partial charge in [0.15, 0.2) is 0 Å². The van der Waals surface area contributed by atoms with Crippen molar-refractivity contribution < 1.29 is 0 Å². The third-order valence-corrected chi connectivity index (χ3v) is 35.7. The fourth-order valence-corrected chi connectivity index (χ4v) is 29.7. The molecule has 0 aromatic heterocycles. The fraction of sp³-hybridized carbons (Fsp3) is 0.129. The Morgan fingerprint density at radius 1 is 0.242 bits per heavy atom. The van der Waals surface area contributed by atoms with E-state index in [9.17, 15) is 0 Å². The van der Waals surface area contributed by atoms with Gasteiger partial charge in [-0.3, -0.25) is 0 Å². The maximum Gasteiger partial charge on any atom is 0.301 e. The highest BCUT2D eigenvalue weighted by Crippen LogP contribution is 2.65. The van der Waals surface area contributed by atoms with Gasteiger partial charge in [0.25, 0.3) is 0 Å². The smallest absolute Gasteiger partial charge is 0.301 e. The van der Waals surface area contributed by atoms with Crippen LogP contribution in [0, 0.1) is 23.7 Å².